The van der Waals surface area contributed by atoms with Crippen LogP contribution in [0.5, 0.6) is 0 Å². The van der Waals surface area contributed by atoms with Crippen molar-refractivity contribution < 1.29 is 14.0 Å². The van der Waals surface area contributed by atoms with Gasteiger partial charge in [0.1, 0.15) is 0 Å². The lowest BCUT2D eigenvalue weighted by molar-refractivity contribution is -0.926. The molecule has 2 atom stereocenters. The van der Waals surface area contributed by atoms with Crippen LogP contribution < -0.4 is 0 Å². The Morgan fingerprint density at radius 3 is 2.53 bits per heavy atom. The third-order valence-electron chi connectivity index (χ3n) is 3.73. The fourth-order valence-corrected chi connectivity index (χ4v) is 2.76. The topological polar surface area (TPSA) is 26.3 Å². The van der Waals surface area contributed by atoms with Crippen molar-refractivity contribution in [1.82, 2.24) is 0 Å². The average Bonchev–Trinajstić information content (AvgIpc) is 2.41. The van der Waals surface area contributed by atoms with E-state index in [9.17, 15) is 4.79 Å². The molecule has 0 saturated heterocycles. The molecule has 0 amide bonds. The predicted molar refractivity (Wildman–Crippen MR) is 75.9 cm³/mol. The van der Waals surface area contributed by atoms with E-state index in [2.05, 4.69) is 19.2 Å². The molecule has 1 heterocycles. The molecule has 0 saturated carbocycles. The summed E-state index contributed by atoms with van der Waals surface area (Å²) in [4.78, 5) is 12.2. The van der Waals surface area contributed by atoms with Gasteiger partial charge in [-0.1, -0.05) is 29.8 Å². The number of rotatable bonds is 3. The van der Waals surface area contributed by atoms with Gasteiger partial charge in [-0.25, -0.2) is 4.79 Å². The highest BCUT2D eigenvalue weighted by Crippen LogP contribution is 2.31. The number of esters is 1. The minimum atomic E-state index is -0.299. The second-order valence-electron chi connectivity index (χ2n) is 5.12. The van der Waals surface area contributed by atoms with Crippen LogP contribution in [0.1, 0.15) is 18.0 Å². The Balaban J connectivity index is 2.38. The molecular formula is C15H19ClNO2+. The maximum atomic E-state index is 12.2. The van der Waals surface area contributed by atoms with Crippen LogP contribution in [0.3, 0.4) is 0 Å². The summed E-state index contributed by atoms with van der Waals surface area (Å²) in [7, 11) is 3.54. The number of methoxy groups -OCH3 is 1. The summed E-state index contributed by atoms with van der Waals surface area (Å²) in [6.45, 7) is 1.77. The molecule has 0 fully saturated rings. The van der Waals surface area contributed by atoms with E-state index in [1.165, 1.54) is 7.11 Å². The van der Waals surface area contributed by atoms with E-state index in [1.807, 2.05) is 24.3 Å². The van der Waals surface area contributed by atoms with Gasteiger partial charge in [0.25, 0.3) is 0 Å². The maximum absolute atomic E-state index is 12.2. The van der Waals surface area contributed by atoms with Gasteiger partial charge in [0.15, 0.2) is 0 Å². The Labute approximate surface area is 119 Å². The molecule has 0 N–H and O–H groups in total. The summed E-state index contributed by atoms with van der Waals surface area (Å²) < 4.78 is 5.65. The molecule has 1 aliphatic heterocycles. The number of hydrogen-bond acceptors (Lipinski definition) is 2. The van der Waals surface area contributed by atoms with Gasteiger partial charge in [0.05, 0.1) is 27.2 Å². The average molecular weight is 281 g/mol. The summed E-state index contributed by atoms with van der Waals surface area (Å²) >= 11 is 5.92. The Morgan fingerprint density at radius 1 is 1.32 bits per heavy atom. The molecule has 1 aromatic carbocycles. The summed E-state index contributed by atoms with van der Waals surface area (Å²) in [6.07, 6.45) is 5.28. The summed E-state index contributed by atoms with van der Waals surface area (Å²) in [5, 5.41) is 0.675. The molecule has 19 heavy (non-hydrogen) atoms. The first kappa shape index (κ1) is 14.1. The molecule has 2 rings (SSSR count). The normalized spacial score (nSPS) is 23.9. The number of carbonyl (C=O) groups is 1. The molecule has 1 aliphatic rings. The minimum Gasteiger partial charge on any atom is -0.464 e. The van der Waals surface area contributed by atoms with E-state index in [0.29, 0.717) is 9.51 Å². The highest BCUT2D eigenvalue weighted by atomic mass is 35.5. The molecule has 0 spiro atoms. The molecule has 0 bridgehead atoms. The highest BCUT2D eigenvalue weighted by molar-refractivity contribution is 6.30. The van der Waals surface area contributed by atoms with E-state index < -0.39 is 0 Å². The summed E-state index contributed by atoms with van der Waals surface area (Å²) in [6, 6.07) is 7.15. The van der Waals surface area contributed by atoms with Gasteiger partial charge in [-0.2, -0.15) is 0 Å². The fraction of sp³-hybridized carbons (Fsp3) is 0.400. The van der Waals surface area contributed by atoms with E-state index in [-0.39, 0.29) is 12.0 Å². The van der Waals surface area contributed by atoms with Crippen molar-refractivity contribution in [2.24, 2.45) is 0 Å². The van der Waals surface area contributed by atoms with Crippen molar-refractivity contribution in [3.63, 3.8) is 0 Å². The molecule has 0 aliphatic carbocycles. The number of likely N-dealkylation sites (N-methyl/N-ethyl adjacent to an activating group) is 1. The van der Waals surface area contributed by atoms with Gasteiger partial charge >= 0.3 is 5.97 Å². The Hall–Kier alpha value is -1.32. The second kappa shape index (κ2) is 5.76. The lowest BCUT2D eigenvalue weighted by Gasteiger charge is -2.40. The molecule has 0 aromatic heterocycles. The number of ether oxygens (including phenoxy) is 1. The van der Waals surface area contributed by atoms with E-state index >= 15 is 0 Å². The molecule has 4 heteroatoms. The van der Waals surface area contributed by atoms with Crippen LogP contribution in [0.2, 0.25) is 5.02 Å². The van der Waals surface area contributed by atoms with E-state index in [4.69, 9.17) is 16.3 Å². The molecule has 1 aromatic rings. The van der Waals surface area contributed by atoms with Crippen molar-refractivity contribution >= 4 is 17.6 Å². The predicted octanol–water partition coefficient (Wildman–Crippen LogP) is 2.96. The molecule has 2 unspecified atom stereocenters. The van der Waals surface area contributed by atoms with Gasteiger partial charge < -0.3 is 9.22 Å². The quantitative estimate of drug-likeness (QED) is 0.483. The minimum absolute atomic E-state index is 0.194. The lowest BCUT2D eigenvalue weighted by atomic mass is 10.0. The monoisotopic (exact) mass is 280 g/mol. The summed E-state index contributed by atoms with van der Waals surface area (Å²) in [5.41, 5.74) is 0.953. The van der Waals surface area contributed by atoms with Gasteiger partial charge in [0.2, 0.25) is 6.04 Å². The van der Waals surface area contributed by atoms with Gasteiger partial charge in [-0.15, -0.1) is 0 Å². The van der Waals surface area contributed by atoms with E-state index in [0.717, 1.165) is 25.1 Å². The lowest BCUT2D eigenvalue weighted by Crippen LogP contribution is -2.52. The van der Waals surface area contributed by atoms with Gasteiger partial charge in [-0.3, -0.25) is 0 Å². The fourth-order valence-electron chi connectivity index (χ4n) is 2.64. The SMILES string of the molecule is COC(=O)C(c1ccc(Cl)cc1)[N+]1(C)CC=CCC1. The third kappa shape index (κ3) is 2.99. The first-order chi connectivity index (χ1) is 9.07. The Kier molecular flexibility index (Phi) is 4.27. The number of halogens is 1. The Bertz CT molecular complexity index is 483. The van der Waals surface area contributed by atoms with Crippen molar-refractivity contribution in [2.75, 3.05) is 27.2 Å². The Morgan fingerprint density at radius 2 is 2.00 bits per heavy atom. The first-order valence-electron chi connectivity index (χ1n) is 6.39. The third-order valence-corrected chi connectivity index (χ3v) is 3.98. The van der Waals surface area contributed by atoms with Gasteiger partial charge in [-0.05, 0) is 18.2 Å². The zero-order valence-corrected chi connectivity index (χ0v) is 12.1. The van der Waals surface area contributed by atoms with Crippen LogP contribution in [0.15, 0.2) is 36.4 Å². The zero-order valence-electron chi connectivity index (χ0n) is 11.3. The number of quaternary nitrogens is 1. The first-order valence-corrected chi connectivity index (χ1v) is 6.77. The second-order valence-corrected chi connectivity index (χ2v) is 5.56. The largest absolute Gasteiger partial charge is 0.464 e. The van der Waals surface area contributed by atoms with Crippen molar-refractivity contribution in [3.8, 4) is 0 Å². The van der Waals surface area contributed by atoms with Crippen LogP contribution in [-0.4, -0.2) is 37.7 Å². The maximum Gasteiger partial charge on any atom is 0.369 e. The molecule has 3 nitrogen and oxygen atoms in total. The molecule has 102 valence electrons. The van der Waals surface area contributed by atoms with E-state index in [1.54, 1.807) is 0 Å². The van der Waals surface area contributed by atoms with Crippen molar-refractivity contribution in [2.45, 2.75) is 12.5 Å². The van der Waals surface area contributed by atoms with Crippen LogP contribution >= 0.6 is 11.6 Å². The van der Waals surface area contributed by atoms with Gasteiger partial charge in [0, 0.05) is 17.0 Å². The smallest absolute Gasteiger partial charge is 0.369 e. The molecule has 0 radical (unpaired) electrons. The van der Waals surface area contributed by atoms with Crippen LogP contribution in [0.4, 0.5) is 0 Å². The van der Waals surface area contributed by atoms with Crippen LogP contribution in [-0.2, 0) is 9.53 Å². The summed E-state index contributed by atoms with van der Waals surface area (Å²) in [5.74, 6) is -0.194. The zero-order chi connectivity index (χ0) is 13.9. The highest BCUT2D eigenvalue weighted by Gasteiger charge is 2.40. The number of benzene rings is 1. The standard InChI is InChI=1S/C15H19ClNO2/c1-17(10-4-3-5-11-17)14(15(18)19-2)12-6-8-13(16)9-7-12/h3-4,6-9,14H,5,10-11H2,1-2H3/q+1. The molecular weight excluding hydrogens is 262 g/mol. The van der Waals surface area contributed by atoms with Crippen LogP contribution in [0, 0.1) is 0 Å². The van der Waals surface area contributed by atoms with Crippen molar-refractivity contribution in [1.29, 1.82) is 0 Å². The number of hydrogen-bond donors (Lipinski definition) is 0. The van der Waals surface area contributed by atoms with Crippen molar-refractivity contribution in [3.05, 3.63) is 47.0 Å². The number of carbonyl (C=O) groups excluding carboxylic acids is 1. The number of nitrogens with zero attached hydrogens (tertiary/aromatic N) is 1. The van der Waals surface area contributed by atoms with Crippen LogP contribution in [0.25, 0.3) is 0 Å².